The molecule has 2 aliphatic heterocycles. The van der Waals surface area contributed by atoms with Crippen LogP contribution in [-0.4, -0.2) is 23.6 Å². The summed E-state index contributed by atoms with van der Waals surface area (Å²) in [4.78, 5) is 27.8. The van der Waals surface area contributed by atoms with Crippen LogP contribution in [0.2, 0.25) is 15.1 Å². The molecule has 0 bridgehead atoms. The van der Waals surface area contributed by atoms with Crippen LogP contribution in [0.4, 0.5) is 15.8 Å². The van der Waals surface area contributed by atoms with Gasteiger partial charge in [0.05, 0.1) is 22.1 Å². The fraction of sp³-hybridized carbons (Fsp3) is 0.0870. The molecule has 1 saturated heterocycles. The van der Waals surface area contributed by atoms with Crippen molar-refractivity contribution in [1.82, 2.24) is 0 Å². The van der Waals surface area contributed by atoms with E-state index >= 15 is 0 Å². The number of amides is 2. The van der Waals surface area contributed by atoms with Crippen molar-refractivity contribution in [2.45, 2.75) is 6.04 Å². The molecule has 0 spiro atoms. The van der Waals surface area contributed by atoms with Crippen molar-refractivity contribution < 1.29 is 14.0 Å². The Morgan fingerprint density at radius 3 is 2.22 bits per heavy atom. The fourth-order valence-corrected chi connectivity index (χ4v) is 4.69. The van der Waals surface area contributed by atoms with Gasteiger partial charge in [-0.3, -0.25) is 14.6 Å². The smallest absolute Gasteiger partial charge is 0.260 e. The summed E-state index contributed by atoms with van der Waals surface area (Å²) in [6.45, 7) is 0. The van der Waals surface area contributed by atoms with Gasteiger partial charge in [0.15, 0.2) is 0 Å². The van der Waals surface area contributed by atoms with Crippen LogP contribution in [0.25, 0.3) is 0 Å². The first-order chi connectivity index (χ1) is 15.4. The molecule has 0 radical (unpaired) electrons. The highest BCUT2D eigenvalue weighted by molar-refractivity contribution is 6.40. The van der Waals surface area contributed by atoms with Crippen LogP contribution in [0, 0.1) is 11.7 Å². The maximum atomic E-state index is 14.7. The monoisotopic (exact) mass is 487 g/mol. The SMILES string of the molecule is O=C1C2C(c3ccc(Cl)cc3Cl)=NN(c3ccccc3)C2C(=O)N1c1ccc(Cl)cc1F. The van der Waals surface area contributed by atoms with Gasteiger partial charge in [-0.05, 0) is 42.5 Å². The van der Waals surface area contributed by atoms with Crippen molar-refractivity contribution in [3.05, 3.63) is 93.2 Å². The molecule has 2 amide bonds. The van der Waals surface area contributed by atoms with E-state index < -0.39 is 29.6 Å². The summed E-state index contributed by atoms with van der Waals surface area (Å²) < 4.78 is 14.7. The molecule has 5 rings (SSSR count). The van der Waals surface area contributed by atoms with Crippen molar-refractivity contribution in [2.24, 2.45) is 11.0 Å². The number of hydrazone groups is 1. The van der Waals surface area contributed by atoms with Crippen molar-refractivity contribution in [1.29, 1.82) is 0 Å². The Balaban J connectivity index is 1.67. The largest absolute Gasteiger partial charge is 0.273 e. The number of hydrogen-bond acceptors (Lipinski definition) is 4. The van der Waals surface area contributed by atoms with Crippen LogP contribution in [0.3, 0.4) is 0 Å². The highest BCUT2D eigenvalue weighted by atomic mass is 35.5. The molecular formula is C23H13Cl3FN3O2. The maximum absolute atomic E-state index is 14.7. The Hall–Kier alpha value is -2.93. The Bertz CT molecular complexity index is 1300. The number of carbonyl (C=O) groups excluding carboxylic acids is 2. The quantitative estimate of drug-likeness (QED) is 0.453. The predicted octanol–water partition coefficient (Wildman–Crippen LogP) is 5.57. The Labute approximate surface area is 197 Å². The van der Waals surface area contributed by atoms with Crippen LogP contribution in [0.5, 0.6) is 0 Å². The molecule has 0 saturated carbocycles. The number of hydrogen-bond donors (Lipinski definition) is 0. The van der Waals surface area contributed by atoms with Gasteiger partial charge in [-0.2, -0.15) is 5.10 Å². The highest BCUT2D eigenvalue weighted by Crippen LogP contribution is 2.41. The molecule has 3 aromatic carbocycles. The number of halogens is 4. The van der Waals surface area contributed by atoms with Gasteiger partial charge in [0, 0.05) is 15.6 Å². The molecular weight excluding hydrogens is 476 g/mol. The van der Waals surface area contributed by atoms with Gasteiger partial charge in [-0.1, -0.05) is 59.1 Å². The van der Waals surface area contributed by atoms with E-state index in [0.29, 0.717) is 27.0 Å². The van der Waals surface area contributed by atoms with E-state index in [1.807, 2.05) is 6.07 Å². The third kappa shape index (κ3) is 3.26. The van der Waals surface area contributed by atoms with Gasteiger partial charge < -0.3 is 0 Å². The highest BCUT2D eigenvalue weighted by Gasteiger charge is 2.58. The molecule has 0 aliphatic carbocycles. The molecule has 32 heavy (non-hydrogen) atoms. The lowest BCUT2D eigenvalue weighted by molar-refractivity contribution is -0.121. The zero-order chi connectivity index (χ0) is 22.6. The van der Waals surface area contributed by atoms with E-state index in [2.05, 4.69) is 5.10 Å². The molecule has 1 fully saturated rings. The minimum atomic E-state index is -0.985. The lowest BCUT2D eigenvalue weighted by Crippen LogP contribution is -2.39. The van der Waals surface area contributed by atoms with E-state index in [1.165, 1.54) is 17.1 Å². The number of carbonyl (C=O) groups is 2. The van der Waals surface area contributed by atoms with Gasteiger partial charge in [0.1, 0.15) is 17.8 Å². The molecule has 9 heteroatoms. The van der Waals surface area contributed by atoms with Crippen LogP contribution in [0.15, 0.2) is 71.8 Å². The van der Waals surface area contributed by atoms with Crippen molar-refractivity contribution in [2.75, 3.05) is 9.91 Å². The second-order valence-electron chi connectivity index (χ2n) is 7.32. The molecule has 2 aliphatic rings. The van der Waals surface area contributed by atoms with Crippen LogP contribution >= 0.6 is 34.8 Å². The molecule has 0 N–H and O–H groups in total. The average Bonchev–Trinajstić information content (AvgIpc) is 3.26. The first-order valence-electron chi connectivity index (χ1n) is 9.58. The average molecular weight is 489 g/mol. The van der Waals surface area contributed by atoms with Crippen LogP contribution < -0.4 is 9.91 Å². The Morgan fingerprint density at radius 1 is 0.844 bits per heavy atom. The lowest BCUT2D eigenvalue weighted by Gasteiger charge is -2.22. The van der Waals surface area contributed by atoms with Crippen LogP contribution in [-0.2, 0) is 9.59 Å². The summed E-state index contributed by atoms with van der Waals surface area (Å²) >= 11 is 18.3. The number of imide groups is 1. The zero-order valence-corrected chi connectivity index (χ0v) is 18.4. The molecule has 5 nitrogen and oxygen atoms in total. The lowest BCUT2D eigenvalue weighted by atomic mass is 9.92. The van der Waals surface area contributed by atoms with Crippen LogP contribution in [0.1, 0.15) is 5.56 Å². The number of para-hydroxylation sites is 1. The predicted molar refractivity (Wildman–Crippen MR) is 123 cm³/mol. The van der Waals surface area contributed by atoms with Gasteiger partial charge >= 0.3 is 0 Å². The molecule has 0 aromatic heterocycles. The van der Waals surface area contributed by atoms with E-state index in [9.17, 15) is 14.0 Å². The third-order valence-electron chi connectivity index (χ3n) is 5.43. The summed E-state index contributed by atoms with van der Waals surface area (Å²) in [6.07, 6.45) is 0. The van der Waals surface area contributed by atoms with E-state index in [4.69, 9.17) is 34.8 Å². The van der Waals surface area contributed by atoms with Crippen molar-refractivity contribution in [3.8, 4) is 0 Å². The second kappa shape index (κ2) is 7.89. The molecule has 2 heterocycles. The minimum absolute atomic E-state index is 0.159. The summed E-state index contributed by atoms with van der Waals surface area (Å²) in [5, 5.41) is 6.97. The number of anilines is 2. The third-order valence-corrected chi connectivity index (χ3v) is 6.21. The second-order valence-corrected chi connectivity index (χ2v) is 8.60. The van der Waals surface area contributed by atoms with Gasteiger partial charge in [0.25, 0.3) is 5.91 Å². The number of nitrogens with zero attached hydrogens (tertiary/aromatic N) is 3. The maximum Gasteiger partial charge on any atom is 0.260 e. The number of benzene rings is 3. The summed E-state index contributed by atoms with van der Waals surface area (Å²) in [5.41, 5.74) is 1.25. The molecule has 2 unspecified atom stereocenters. The first kappa shape index (κ1) is 20.9. The van der Waals surface area contributed by atoms with Gasteiger partial charge in [0.2, 0.25) is 5.91 Å². The first-order valence-corrected chi connectivity index (χ1v) is 10.7. The van der Waals surface area contributed by atoms with E-state index in [1.54, 1.807) is 42.5 Å². The summed E-state index contributed by atoms with van der Waals surface area (Å²) in [7, 11) is 0. The molecule has 2 atom stereocenters. The number of fused-ring (bicyclic) bond motifs is 1. The summed E-state index contributed by atoms with van der Waals surface area (Å²) in [6, 6.07) is 16.6. The standard InChI is InChI=1S/C23H13Cl3FN3O2/c24-12-6-8-15(16(26)10-12)20-19-21(30(28-20)14-4-2-1-3-5-14)23(32)29(22(19)31)18-9-7-13(25)11-17(18)27/h1-11,19,21H. The van der Waals surface area contributed by atoms with Gasteiger partial charge in [-0.25, -0.2) is 9.29 Å². The molecule has 3 aromatic rings. The topological polar surface area (TPSA) is 53.0 Å². The summed E-state index contributed by atoms with van der Waals surface area (Å²) in [5.74, 6) is -2.93. The van der Waals surface area contributed by atoms with Crippen molar-refractivity contribution >= 4 is 63.7 Å². The number of rotatable bonds is 3. The zero-order valence-electron chi connectivity index (χ0n) is 16.2. The Morgan fingerprint density at radius 2 is 1.53 bits per heavy atom. The molecule has 160 valence electrons. The Kier molecular flexibility index (Phi) is 5.16. The normalized spacial score (nSPS) is 20.1. The minimum Gasteiger partial charge on any atom is -0.273 e. The van der Waals surface area contributed by atoms with E-state index in [0.717, 1.165) is 11.0 Å². The fourth-order valence-electron chi connectivity index (χ4n) is 4.03. The van der Waals surface area contributed by atoms with Crippen molar-refractivity contribution in [3.63, 3.8) is 0 Å². The van der Waals surface area contributed by atoms with E-state index in [-0.39, 0.29) is 10.7 Å². The van der Waals surface area contributed by atoms with Gasteiger partial charge in [-0.15, -0.1) is 0 Å².